The molecule has 4 heteroatoms. The van der Waals surface area contributed by atoms with E-state index in [4.69, 9.17) is 4.74 Å². The number of ether oxygens (including phenoxy) is 1. The predicted octanol–water partition coefficient (Wildman–Crippen LogP) is 4.87. The zero-order chi connectivity index (χ0) is 18.5. The summed E-state index contributed by atoms with van der Waals surface area (Å²) in [5.74, 6) is 1.33. The van der Waals surface area contributed by atoms with Crippen molar-refractivity contribution in [1.82, 2.24) is 0 Å². The normalized spacial score (nSPS) is 13.0. The van der Waals surface area contributed by atoms with Crippen molar-refractivity contribution < 1.29 is 9.53 Å². The van der Waals surface area contributed by atoms with Gasteiger partial charge in [-0.05, 0) is 48.7 Å². The monoisotopic (exact) mass is 358 g/mol. The van der Waals surface area contributed by atoms with Gasteiger partial charge in [-0.1, -0.05) is 48.5 Å². The molecule has 136 valence electrons. The number of para-hydroxylation sites is 4. The molecule has 27 heavy (non-hydrogen) atoms. The van der Waals surface area contributed by atoms with Crippen molar-refractivity contribution in [3.63, 3.8) is 0 Å². The number of fused-ring (bicyclic) bond motifs is 1. The van der Waals surface area contributed by atoms with Gasteiger partial charge in [-0.25, -0.2) is 0 Å². The van der Waals surface area contributed by atoms with Gasteiger partial charge in [0.2, 0.25) is 5.91 Å². The van der Waals surface area contributed by atoms with Gasteiger partial charge < -0.3 is 15.0 Å². The fourth-order valence-corrected chi connectivity index (χ4v) is 3.41. The Bertz CT molecular complexity index is 924. The van der Waals surface area contributed by atoms with E-state index in [9.17, 15) is 4.79 Å². The lowest BCUT2D eigenvalue weighted by atomic mass is 10.0. The Morgan fingerprint density at radius 3 is 2.56 bits per heavy atom. The Labute approximate surface area is 159 Å². The minimum atomic E-state index is -0.0455. The van der Waals surface area contributed by atoms with E-state index < -0.39 is 0 Å². The maximum absolute atomic E-state index is 12.7. The first-order valence-electron chi connectivity index (χ1n) is 9.24. The summed E-state index contributed by atoms with van der Waals surface area (Å²) in [6.07, 6.45) is 2.14. The number of carbonyl (C=O) groups excluding carboxylic acids is 1. The van der Waals surface area contributed by atoms with Gasteiger partial charge >= 0.3 is 0 Å². The highest BCUT2D eigenvalue weighted by Gasteiger charge is 2.19. The van der Waals surface area contributed by atoms with Gasteiger partial charge in [-0.2, -0.15) is 0 Å². The lowest BCUT2D eigenvalue weighted by molar-refractivity contribution is -0.115. The van der Waals surface area contributed by atoms with Crippen molar-refractivity contribution in [1.29, 1.82) is 0 Å². The number of nitrogens with zero attached hydrogens (tertiary/aromatic N) is 1. The molecular weight excluding hydrogens is 336 g/mol. The molecule has 0 saturated heterocycles. The molecule has 1 aliphatic heterocycles. The molecule has 0 aromatic heterocycles. The van der Waals surface area contributed by atoms with Crippen LogP contribution in [0.25, 0.3) is 0 Å². The van der Waals surface area contributed by atoms with Crippen LogP contribution in [0.1, 0.15) is 12.0 Å². The standard InChI is InChI=1S/C23H22N2O2/c26-23(17-25-16-8-10-18-9-4-6-14-21(18)25)24-20-13-5-7-15-22(20)27-19-11-2-1-3-12-19/h1-7,9,11-15H,8,10,16-17H2,(H,24,26). The first kappa shape index (κ1) is 17.2. The first-order chi connectivity index (χ1) is 13.3. The van der Waals surface area contributed by atoms with E-state index in [0.29, 0.717) is 18.0 Å². The molecule has 3 aromatic carbocycles. The fraction of sp³-hybridized carbons (Fsp3) is 0.174. The Kier molecular flexibility index (Phi) is 5.06. The van der Waals surface area contributed by atoms with Crippen molar-refractivity contribution in [2.45, 2.75) is 12.8 Å². The van der Waals surface area contributed by atoms with Gasteiger partial charge in [-0.15, -0.1) is 0 Å². The van der Waals surface area contributed by atoms with Crippen LogP contribution in [-0.2, 0) is 11.2 Å². The number of amides is 1. The molecule has 4 nitrogen and oxygen atoms in total. The topological polar surface area (TPSA) is 41.6 Å². The Morgan fingerprint density at radius 1 is 0.926 bits per heavy atom. The average molecular weight is 358 g/mol. The number of rotatable bonds is 5. The number of aryl methyl sites for hydroxylation is 1. The molecule has 3 aromatic rings. The molecule has 0 saturated carbocycles. The summed E-state index contributed by atoms with van der Waals surface area (Å²) in [6.45, 7) is 1.23. The van der Waals surface area contributed by atoms with Gasteiger partial charge in [0.25, 0.3) is 0 Å². The summed E-state index contributed by atoms with van der Waals surface area (Å²) in [6, 6.07) is 25.4. The molecule has 1 N–H and O–H groups in total. The molecule has 0 atom stereocenters. The highest BCUT2D eigenvalue weighted by molar-refractivity contribution is 5.95. The van der Waals surface area contributed by atoms with Crippen LogP contribution >= 0.6 is 0 Å². The number of carbonyl (C=O) groups is 1. The zero-order valence-corrected chi connectivity index (χ0v) is 15.1. The van der Waals surface area contributed by atoms with Crippen LogP contribution in [0.4, 0.5) is 11.4 Å². The molecule has 0 aliphatic carbocycles. The summed E-state index contributed by atoms with van der Waals surface area (Å²) in [4.78, 5) is 14.8. The number of hydrogen-bond acceptors (Lipinski definition) is 3. The van der Waals surface area contributed by atoms with Crippen LogP contribution in [0.15, 0.2) is 78.9 Å². The highest BCUT2D eigenvalue weighted by Crippen LogP contribution is 2.30. The van der Waals surface area contributed by atoms with Crippen LogP contribution in [-0.4, -0.2) is 19.0 Å². The Hall–Kier alpha value is -3.27. The van der Waals surface area contributed by atoms with Gasteiger partial charge in [0.05, 0.1) is 12.2 Å². The molecule has 1 amide bonds. The second-order valence-corrected chi connectivity index (χ2v) is 6.61. The van der Waals surface area contributed by atoms with Crippen LogP contribution in [0.3, 0.4) is 0 Å². The molecule has 4 rings (SSSR count). The molecule has 1 aliphatic rings. The fourth-order valence-electron chi connectivity index (χ4n) is 3.41. The van der Waals surface area contributed by atoms with Gasteiger partial charge in [-0.3, -0.25) is 4.79 Å². The number of hydrogen-bond donors (Lipinski definition) is 1. The summed E-state index contributed by atoms with van der Waals surface area (Å²) >= 11 is 0. The molecule has 1 heterocycles. The molecular formula is C23H22N2O2. The second-order valence-electron chi connectivity index (χ2n) is 6.61. The number of benzene rings is 3. The summed E-state index contributed by atoms with van der Waals surface area (Å²) in [7, 11) is 0. The van der Waals surface area contributed by atoms with E-state index in [-0.39, 0.29) is 5.91 Å². The van der Waals surface area contributed by atoms with E-state index in [2.05, 4.69) is 28.4 Å². The largest absolute Gasteiger partial charge is 0.455 e. The second kappa shape index (κ2) is 7.96. The quantitative estimate of drug-likeness (QED) is 0.707. The van der Waals surface area contributed by atoms with Crippen molar-refractivity contribution in [2.24, 2.45) is 0 Å². The summed E-state index contributed by atoms with van der Waals surface area (Å²) in [5.41, 5.74) is 3.15. The Balaban J connectivity index is 1.46. The van der Waals surface area contributed by atoms with Crippen molar-refractivity contribution in [3.8, 4) is 11.5 Å². The van der Waals surface area contributed by atoms with Crippen LogP contribution in [0.5, 0.6) is 11.5 Å². The third-order valence-electron chi connectivity index (χ3n) is 4.67. The molecule has 0 unspecified atom stereocenters. The van der Waals surface area contributed by atoms with Gasteiger partial charge in [0.15, 0.2) is 5.75 Å². The lowest BCUT2D eigenvalue weighted by Gasteiger charge is -2.30. The van der Waals surface area contributed by atoms with E-state index in [1.165, 1.54) is 5.56 Å². The van der Waals surface area contributed by atoms with Crippen LogP contribution in [0, 0.1) is 0 Å². The molecule has 0 bridgehead atoms. The van der Waals surface area contributed by atoms with Crippen LogP contribution in [0.2, 0.25) is 0 Å². The third-order valence-corrected chi connectivity index (χ3v) is 4.67. The number of anilines is 2. The summed E-state index contributed by atoms with van der Waals surface area (Å²) < 4.78 is 5.93. The lowest BCUT2D eigenvalue weighted by Crippen LogP contribution is -2.36. The van der Waals surface area contributed by atoms with E-state index in [1.54, 1.807) is 0 Å². The highest BCUT2D eigenvalue weighted by atomic mass is 16.5. The Morgan fingerprint density at radius 2 is 1.67 bits per heavy atom. The van der Waals surface area contributed by atoms with Crippen molar-refractivity contribution in [3.05, 3.63) is 84.4 Å². The average Bonchev–Trinajstić information content (AvgIpc) is 2.71. The smallest absolute Gasteiger partial charge is 0.243 e. The zero-order valence-electron chi connectivity index (χ0n) is 15.1. The van der Waals surface area contributed by atoms with E-state index in [1.807, 2.05) is 60.7 Å². The predicted molar refractivity (Wildman–Crippen MR) is 109 cm³/mol. The minimum absolute atomic E-state index is 0.0455. The number of nitrogens with one attached hydrogen (secondary N) is 1. The maximum Gasteiger partial charge on any atom is 0.243 e. The van der Waals surface area contributed by atoms with E-state index >= 15 is 0 Å². The van der Waals surface area contributed by atoms with Crippen molar-refractivity contribution in [2.75, 3.05) is 23.3 Å². The van der Waals surface area contributed by atoms with Crippen LogP contribution < -0.4 is 15.0 Å². The minimum Gasteiger partial charge on any atom is -0.455 e. The molecule has 0 radical (unpaired) electrons. The third kappa shape index (κ3) is 4.11. The maximum atomic E-state index is 12.7. The summed E-state index contributed by atoms with van der Waals surface area (Å²) in [5, 5.41) is 3.00. The first-order valence-corrected chi connectivity index (χ1v) is 9.24. The van der Waals surface area contributed by atoms with Gasteiger partial charge in [0.1, 0.15) is 5.75 Å². The van der Waals surface area contributed by atoms with Crippen molar-refractivity contribution >= 4 is 17.3 Å². The van der Waals surface area contributed by atoms with E-state index in [0.717, 1.165) is 30.8 Å². The SMILES string of the molecule is O=C(CN1CCCc2ccccc21)Nc1ccccc1Oc1ccccc1. The molecule has 0 spiro atoms. The van der Waals surface area contributed by atoms with Gasteiger partial charge in [0, 0.05) is 12.2 Å². The molecule has 0 fully saturated rings.